The van der Waals surface area contributed by atoms with Crippen molar-refractivity contribution >= 4 is 23.7 Å². The van der Waals surface area contributed by atoms with E-state index in [9.17, 15) is 19.2 Å². The number of rotatable bonds is 7. The lowest BCUT2D eigenvalue weighted by atomic mass is 9.81. The molecule has 3 atom stereocenters. The van der Waals surface area contributed by atoms with Crippen molar-refractivity contribution in [3.05, 3.63) is 29.8 Å². The van der Waals surface area contributed by atoms with Gasteiger partial charge in [0.25, 0.3) is 5.91 Å². The third-order valence-electron chi connectivity index (χ3n) is 5.52. The molecule has 1 aromatic carbocycles. The van der Waals surface area contributed by atoms with Gasteiger partial charge in [0.05, 0.1) is 18.9 Å². The van der Waals surface area contributed by atoms with Gasteiger partial charge in [0.15, 0.2) is 6.10 Å². The van der Waals surface area contributed by atoms with Crippen molar-refractivity contribution in [2.45, 2.75) is 45.3 Å². The first-order chi connectivity index (χ1) is 13.9. The molecule has 3 rings (SSSR count). The highest BCUT2D eigenvalue weighted by Gasteiger charge is 2.48. The first-order valence-corrected chi connectivity index (χ1v) is 9.86. The summed E-state index contributed by atoms with van der Waals surface area (Å²) in [5.41, 5.74) is 0.869. The second-order valence-electron chi connectivity index (χ2n) is 7.46. The van der Waals surface area contributed by atoms with Gasteiger partial charge in [-0.15, -0.1) is 0 Å². The molecule has 8 nitrogen and oxygen atoms in total. The number of imide groups is 1. The number of carbonyl (C=O) groups excluding carboxylic acids is 4. The van der Waals surface area contributed by atoms with Crippen molar-refractivity contribution in [2.75, 3.05) is 13.7 Å². The zero-order valence-electron chi connectivity index (χ0n) is 16.7. The summed E-state index contributed by atoms with van der Waals surface area (Å²) >= 11 is 0. The fourth-order valence-electron chi connectivity index (χ4n) is 3.88. The van der Waals surface area contributed by atoms with Gasteiger partial charge in [-0.25, -0.2) is 0 Å². The lowest BCUT2D eigenvalue weighted by Gasteiger charge is -2.19. The van der Waals surface area contributed by atoms with Crippen LogP contribution >= 0.6 is 0 Å². The maximum absolute atomic E-state index is 12.4. The molecule has 29 heavy (non-hydrogen) atoms. The van der Waals surface area contributed by atoms with Crippen molar-refractivity contribution in [1.82, 2.24) is 10.2 Å². The molecule has 0 radical (unpaired) electrons. The van der Waals surface area contributed by atoms with E-state index in [-0.39, 0.29) is 30.2 Å². The molecule has 2 aliphatic rings. The van der Waals surface area contributed by atoms with E-state index >= 15 is 0 Å². The number of nitrogens with one attached hydrogen (secondary N) is 1. The Kier molecular flexibility index (Phi) is 6.51. The number of fused-ring (bicyclic) bond motifs is 1. The molecule has 2 fully saturated rings. The molecule has 0 spiro atoms. The lowest BCUT2D eigenvalue weighted by molar-refractivity contribution is -0.159. The molecule has 1 aromatic rings. The lowest BCUT2D eigenvalue weighted by Crippen LogP contribution is -2.40. The normalized spacial score (nSPS) is 22.1. The summed E-state index contributed by atoms with van der Waals surface area (Å²) in [6, 6.07) is 7.21. The Bertz CT molecular complexity index is 767. The molecule has 8 heteroatoms. The van der Waals surface area contributed by atoms with Gasteiger partial charge in [0.1, 0.15) is 12.3 Å². The fourth-order valence-corrected chi connectivity index (χ4v) is 3.88. The third kappa shape index (κ3) is 4.75. The van der Waals surface area contributed by atoms with Crippen LogP contribution in [0.1, 0.15) is 38.2 Å². The second kappa shape index (κ2) is 9.07. The van der Waals surface area contributed by atoms with Gasteiger partial charge in [0.2, 0.25) is 11.8 Å². The number of ether oxygens (including phenoxy) is 2. The van der Waals surface area contributed by atoms with Crippen LogP contribution in [0.25, 0.3) is 0 Å². The minimum atomic E-state index is -1.03. The van der Waals surface area contributed by atoms with Gasteiger partial charge in [-0.3, -0.25) is 24.1 Å². The van der Waals surface area contributed by atoms with Crippen LogP contribution in [0.4, 0.5) is 0 Å². The molecule has 0 unspecified atom stereocenters. The topological polar surface area (TPSA) is 102 Å². The Morgan fingerprint density at radius 1 is 1.10 bits per heavy atom. The molecule has 1 heterocycles. The summed E-state index contributed by atoms with van der Waals surface area (Å²) in [6.07, 6.45) is 2.18. The van der Waals surface area contributed by atoms with E-state index in [2.05, 4.69) is 5.32 Å². The van der Waals surface area contributed by atoms with E-state index in [0.717, 1.165) is 23.3 Å². The van der Waals surface area contributed by atoms with Crippen LogP contribution in [0.5, 0.6) is 5.75 Å². The van der Waals surface area contributed by atoms with E-state index in [1.807, 2.05) is 12.1 Å². The van der Waals surface area contributed by atoms with Crippen LogP contribution in [0.2, 0.25) is 0 Å². The van der Waals surface area contributed by atoms with Crippen LogP contribution < -0.4 is 10.1 Å². The van der Waals surface area contributed by atoms with Crippen LogP contribution in [0.15, 0.2) is 24.3 Å². The average Bonchev–Trinajstić information content (AvgIpc) is 2.97. The number of hydrogen-bond donors (Lipinski definition) is 1. The Morgan fingerprint density at radius 2 is 1.69 bits per heavy atom. The Balaban J connectivity index is 1.47. The number of esters is 1. The Hall–Kier alpha value is -2.90. The summed E-state index contributed by atoms with van der Waals surface area (Å²) in [6.45, 7) is 1.28. The summed E-state index contributed by atoms with van der Waals surface area (Å²) < 4.78 is 10.2. The molecule has 1 saturated heterocycles. The number of methoxy groups -OCH3 is 1. The summed E-state index contributed by atoms with van der Waals surface area (Å²) in [4.78, 5) is 50.2. The van der Waals surface area contributed by atoms with Gasteiger partial charge < -0.3 is 14.8 Å². The molecule has 156 valence electrons. The number of amides is 3. The van der Waals surface area contributed by atoms with Gasteiger partial charge in [0, 0.05) is 6.54 Å². The number of benzene rings is 1. The monoisotopic (exact) mass is 402 g/mol. The average molecular weight is 402 g/mol. The molecule has 1 saturated carbocycles. The molecule has 0 bridgehead atoms. The number of hydrogen-bond acceptors (Lipinski definition) is 6. The highest BCUT2D eigenvalue weighted by molar-refractivity contribution is 6.07. The van der Waals surface area contributed by atoms with Crippen molar-refractivity contribution in [2.24, 2.45) is 11.8 Å². The first kappa shape index (κ1) is 20.8. The first-order valence-electron chi connectivity index (χ1n) is 9.86. The maximum Gasteiger partial charge on any atom is 0.326 e. The summed E-state index contributed by atoms with van der Waals surface area (Å²) in [5, 5.41) is 2.69. The minimum absolute atomic E-state index is 0.275. The SMILES string of the molecule is COc1ccc(CNC(=O)[C@@H](C)OC(=O)CN2C(=O)[C@H]3CCCC[C@H]3C2=O)cc1. The van der Waals surface area contributed by atoms with E-state index in [1.165, 1.54) is 6.92 Å². The van der Waals surface area contributed by atoms with E-state index < -0.39 is 24.5 Å². The molecule has 3 amide bonds. The molecule has 0 aromatic heterocycles. The van der Waals surface area contributed by atoms with Crippen LogP contribution in [-0.4, -0.2) is 48.3 Å². The zero-order valence-corrected chi connectivity index (χ0v) is 16.7. The van der Waals surface area contributed by atoms with Crippen molar-refractivity contribution in [1.29, 1.82) is 0 Å². The number of nitrogens with zero attached hydrogens (tertiary/aromatic N) is 1. The molecular formula is C21H26N2O6. The van der Waals surface area contributed by atoms with E-state index in [1.54, 1.807) is 19.2 Å². The predicted molar refractivity (Wildman–Crippen MR) is 103 cm³/mol. The van der Waals surface area contributed by atoms with Gasteiger partial charge in [-0.1, -0.05) is 25.0 Å². The fraction of sp³-hybridized carbons (Fsp3) is 0.524. The second-order valence-corrected chi connectivity index (χ2v) is 7.46. The highest BCUT2D eigenvalue weighted by atomic mass is 16.5. The smallest absolute Gasteiger partial charge is 0.326 e. The van der Waals surface area contributed by atoms with Crippen LogP contribution in [-0.2, 0) is 30.5 Å². The summed E-state index contributed by atoms with van der Waals surface area (Å²) in [7, 11) is 1.57. The number of likely N-dealkylation sites (tertiary alicyclic amines) is 1. The van der Waals surface area contributed by atoms with Crippen LogP contribution in [0, 0.1) is 11.8 Å². The molecule has 1 aliphatic carbocycles. The maximum atomic E-state index is 12.4. The Morgan fingerprint density at radius 3 is 2.24 bits per heavy atom. The van der Waals surface area contributed by atoms with E-state index in [0.29, 0.717) is 18.6 Å². The highest BCUT2D eigenvalue weighted by Crippen LogP contribution is 2.37. The van der Waals surface area contributed by atoms with Gasteiger partial charge in [-0.2, -0.15) is 0 Å². The summed E-state index contributed by atoms with van der Waals surface area (Å²) in [5.74, 6) is -1.72. The van der Waals surface area contributed by atoms with Crippen LogP contribution in [0.3, 0.4) is 0 Å². The standard InChI is InChI=1S/C21H26N2O6/c1-13(19(25)22-11-14-7-9-15(28-2)10-8-14)29-18(24)12-23-20(26)16-5-3-4-6-17(16)21(23)27/h7-10,13,16-17H,3-6,11-12H2,1-2H3,(H,22,25)/t13-,16-,17+/m1/s1. The van der Waals surface area contributed by atoms with Crippen molar-refractivity contribution in [3.63, 3.8) is 0 Å². The molecule has 1 aliphatic heterocycles. The largest absolute Gasteiger partial charge is 0.497 e. The Labute approximate surface area is 169 Å². The third-order valence-corrected chi connectivity index (χ3v) is 5.52. The van der Waals surface area contributed by atoms with Gasteiger partial charge in [-0.05, 0) is 37.5 Å². The predicted octanol–water partition coefficient (Wildman–Crippen LogP) is 1.42. The molecular weight excluding hydrogens is 376 g/mol. The minimum Gasteiger partial charge on any atom is -0.497 e. The van der Waals surface area contributed by atoms with E-state index in [4.69, 9.17) is 9.47 Å². The van der Waals surface area contributed by atoms with Crippen molar-refractivity contribution < 1.29 is 28.7 Å². The van der Waals surface area contributed by atoms with Gasteiger partial charge >= 0.3 is 5.97 Å². The zero-order chi connectivity index (χ0) is 21.0. The molecule has 1 N–H and O–H groups in total. The quantitative estimate of drug-likeness (QED) is 0.547. The number of carbonyl (C=O) groups is 4. The van der Waals surface area contributed by atoms with Crippen molar-refractivity contribution in [3.8, 4) is 5.75 Å².